The van der Waals surface area contributed by atoms with Crippen molar-refractivity contribution in [2.75, 3.05) is 13.2 Å². The lowest BCUT2D eigenvalue weighted by atomic mass is 9.95. The summed E-state index contributed by atoms with van der Waals surface area (Å²) in [6.07, 6.45) is -21.1. The van der Waals surface area contributed by atoms with E-state index in [0.717, 1.165) is 0 Å². The zero-order chi connectivity index (χ0) is 24.6. The van der Waals surface area contributed by atoms with E-state index in [1.165, 1.54) is 6.92 Å². The van der Waals surface area contributed by atoms with Gasteiger partial charge in [0, 0.05) is 0 Å². The van der Waals surface area contributed by atoms with E-state index in [-0.39, 0.29) is 0 Å². The van der Waals surface area contributed by atoms with E-state index >= 15 is 0 Å². The summed E-state index contributed by atoms with van der Waals surface area (Å²) in [7, 11) is 0. The molecule has 3 fully saturated rings. The van der Waals surface area contributed by atoms with Gasteiger partial charge in [-0.2, -0.15) is 0 Å². The van der Waals surface area contributed by atoms with Crippen LogP contribution in [-0.4, -0.2) is 151 Å². The molecule has 0 radical (unpaired) electrons. The van der Waals surface area contributed by atoms with Gasteiger partial charge in [0.2, 0.25) is 0 Å². The van der Waals surface area contributed by atoms with Crippen LogP contribution in [0, 0.1) is 0 Å². The number of ether oxygens (including phenoxy) is 5. The van der Waals surface area contributed by atoms with Crippen molar-refractivity contribution in [2.45, 2.75) is 99.0 Å². The largest absolute Gasteiger partial charge is 0.394 e. The predicted molar refractivity (Wildman–Crippen MR) is 102 cm³/mol. The minimum absolute atomic E-state index is 0.716. The van der Waals surface area contributed by atoms with Crippen molar-refractivity contribution in [1.29, 1.82) is 0 Å². The third-order valence-electron chi connectivity index (χ3n) is 6.13. The van der Waals surface area contributed by atoms with Gasteiger partial charge in [-0.05, 0) is 6.92 Å². The molecule has 3 aliphatic heterocycles. The minimum Gasteiger partial charge on any atom is -0.394 e. The number of hydrogen-bond donors (Lipinski definition) is 10. The Kier molecular flexibility index (Phi) is 8.99. The number of nitrogens with two attached hydrogens (primary N) is 1. The average molecular weight is 487 g/mol. The average Bonchev–Trinajstić information content (AvgIpc) is 2.80. The summed E-state index contributed by atoms with van der Waals surface area (Å²) in [5, 5.41) is 89.7. The van der Waals surface area contributed by atoms with Gasteiger partial charge in [0.25, 0.3) is 0 Å². The summed E-state index contributed by atoms with van der Waals surface area (Å²) in [5.74, 6) is 0. The fourth-order valence-electron chi connectivity index (χ4n) is 4.04. The third-order valence-corrected chi connectivity index (χ3v) is 6.13. The van der Waals surface area contributed by atoms with Gasteiger partial charge < -0.3 is 75.4 Å². The van der Waals surface area contributed by atoms with E-state index in [0.29, 0.717) is 0 Å². The Hall–Kier alpha value is -0.600. The van der Waals surface area contributed by atoms with Gasteiger partial charge in [-0.15, -0.1) is 0 Å². The van der Waals surface area contributed by atoms with Crippen LogP contribution in [-0.2, 0) is 23.7 Å². The van der Waals surface area contributed by atoms with Crippen LogP contribution in [0.25, 0.3) is 0 Å². The van der Waals surface area contributed by atoms with Crippen LogP contribution in [0.4, 0.5) is 0 Å². The second-order valence-corrected chi connectivity index (χ2v) is 8.41. The molecule has 15 nitrogen and oxygen atoms in total. The third kappa shape index (κ3) is 5.32. The smallest absolute Gasteiger partial charge is 0.187 e. The fraction of sp³-hybridized carbons (Fsp3) is 1.00. The molecule has 33 heavy (non-hydrogen) atoms. The maximum atomic E-state index is 10.3. The Morgan fingerprint density at radius 2 is 1.15 bits per heavy atom. The van der Waals surface area contributed by atoms with Crippen molar-refractivity contribution in [2.24, 2.45) is 5.73 Å². The highest BCUT2D eigenvalue weighted by atomic mass is 16.7. The van der Waals surface area contributed by atoms with E-state index in [1.54, 1.807) is 0 Å². The maximum Gasteiger partial charge on any atom is 0.187 e. The molecular formula is C18H33NO14. The first-order chi connectivity index (χ1) is 15.5. The first-order valence-corrected chi connectivity index (χ1v) is 10.5. The summed E-state index contributed by atoms with van der Waals surface area (Å²) in [6.45, 7) is -0.00630. The van der Waals surface area contributed by atoms with E-state index < -0.39 is 105 Å². The molecule has 0 aliphatic carbocycles. The van der Waals surface area contributed by atoms with Crippen molar-refractivity contribution in [3.63, 3.8) is 0 Å². The van der Waals surface area contributed by atoms with Gasteiger partial charge in [0.15, 0.2) is 18.9 Å². The Morgan fingerprint density at radius 3 is 1.73 bits per heavy atom. The summed E-state index contributed by atoms with van der Waals surface area (Å²) < 4.78 is 27.3. The second kappa shape index (κ2) is 11.0. The fourth-order valence-corrected chi connectivity index (χ4v) is 4.04. The van der Waals surface area contributed by atoms with Crippen LogP contribution >= 0.6 is 0 Å². The van der Waals surface area contributed by atoms with Crippen molar-refractivity contribution in [3.05, 3.63) is 0 Å². The van der Waals surface area contributed by atoms with Crippen LogP contribution < -0.4 is 5.73 Å². The number of hydrogen-bond acceptors (Lipinski definition) is 15. The summed E-state index contributed by atoms with van der Waals surface area (Å²) in [5.41, 5.74) is 5.99. The number of rotatable bonds is 6. The van der Waals surface area contributed by atoms with Gasteiger partial charge in [0.05, 0.1) is 25.4 Å². The molecule has 0 unspecified atom stereocenters. The van der Waals surface area contributed by atoms with Crippen molar-refractivity contribution in [3.8, 4) is 0 Å². The lowest BCUT2D eigenvalue weighted by Crippen LogP contribution is -2.68. The van der Waals surface area contributed by atoms with Crippen molar-refractivity contribution >= 4 is 0 Å². The predicted octanol–water partition coefficient (Wildman–Crippen LogP) is -6.58. The zero-order valence-electron chi connectivity index (χ0n) is 17.7. The molecule has 11 N–H and O–H groups in total. The molecule has 15 heteroatoms. The molecule has 0 bridgehead atoms. The SMILES string of the molecule is C[C@H]1O[C@@H](O[C@@H]2[C@@H](O[C@@H]3O[C@@H](CO)[C@H](O)[C@@H](O)[C@H]3O)[C@@H](N)[C@H](O)O[C@H]2CO)[C@@H](O)[C@@H](O)[C@@H]1O. The molecule has 0 aromatic carbocycles. The molecule has 0 amide bonds. The van der Waals surface area contributed by atoms with Gasteiger partial charge in [-0.3, -0.25) is 0 Å². The normalized spacial score (nSPS) is 53.7. The van der Waals surface area contributed by atoms with E-state index in [1.807, 2.05) is 0 Å². The molecule has 15 atom stereocenters. The summed E-state index contributed by atoms with van der Waals surface area (Å²) in [6, 6.07) is -1.36. The Morgan fingerprint density at radius 1 is 0.636 bits per heavy atom. The molecule has 3 heterocycles. The van der Waals surface area contributed by atoms with Crippen molar-refractivity contribution < 1.29 is 69.6 Å². The molecular weight excluding hydrogens is 454 g/mol. The van der Waals surface area contributed by atoms with Crippen LogP contribution in [0.3, 0.4) is 0 Å². The molecule has 0 saturated carbocycles. The highest BCUT2D eigenvalue weighted by molar-refractivity contribution is 4.97. The lowest BCUT2D eigenvalue weighted by molar-refractivity contribution is -0.369. The molecule has 3 aliphatic rings. The van der Waals surface area contributed by atoms with Gasteiger partial charge >= 0.3 is 0 Å². The van der Waals surface area contributed by atoms with Crippen LogP contribution in [0.5, 0.6) is 0 Å². The van der Waals surface area contributed by atoms with Crippen LogP contribution in [0.15, 0.2) is 0 Å². The standard InChI is InChI=1S/C18H33NO14/c1-4-8(22)10(24)12(26)17(29-4)32-14-6(3-21)30-16(28)7(19)15(14)33-18-13(27)11(25)9(23)5(2-20)31-18/h4-18,20-28H,2-3,19H2,1H3/t4-,5+,6+,7-,8-,9+,10+,11-,12+,13-,14+,15+,16-,17+,18+/m1/s1. The second-order valence-electron chi connectivity index (χ2n) is 8.41. The number of aliphatic hydroxyl groups is 9. The first kappa shape index (κ1) is 27.0. The molecule has 0 aromatic heterocycles. The Labute approximate surface area is 188 Å². The van der Waals surface area contributed by atoms with E-state index in [4.69, 9.17) is 29.4 Å². The first-order valence-electron chi connectivity index (χ1n) is 10.5. The quantitative estimate of drug-likeness (QED) is 0.167. The maximum absolute atomic E-state index is 10.3. The van der Waals surface area contributed by atoms with Crippen LogP contribution in [0.2, 0.25) is 0 Å². The minimum atomic E-state index is -1.79. The lowest BCUT2D eigenvalue weighted by Gasteiger charge is -2.48. The monoisotopic (exact) mass is 487 g/mol. The molecule has 0 aromatic rings. The number of aliphatic hydroxyl groups excluding tert-OH is 9. The zero-order valence-corrected chi connectivity index (χ0v) is 17.7. The highest BCUT2D eigenvalue weighted by Gasteiger charge is 2.53. The van der Waals surface area contributed by atoms with Gasteiger partial charge in [-0.1, -0.05) is 0 Å². The molecule has 194 valence electrons. The van der Waals surface area contributed by atoms with Crippen molar-refractivity contribution in [1.82, 2.24) is 0 Å². The van der Waals surface area contributed by atoms with E-state index in [2.05, 4.69) is 0 Å². The van der Waals surface area contributed by atoms with Crippen LogP contribution in [0.1, 0.15) is 6.92 Å². The summed E-state index contributed by atoms with van der Waals surface area (Å²) in [4.78, 5) is 0. The highest BCUT2D eigenvalue weighted by Crippen LogP contribution is 2.32. The Balaban J connectivity index is 1.83. The summed E-state index contributed by atoms with van der Waals surface area (Å²) >= 11 is 0. The molecule has 3 rings (SSSR count). The van der Waals surface area contributed by atoms with Gasteiger partial charge in [0.1, 0.15) is 61.0 Å². The van der Waals surface area contributed by atoms with E-state index in [9.17, 15) is 46.0 Å². The Bertz CT molecular complexity index is 629. The van der Waals surface area contributed by atoms with Gasteiger partial charge in [-0.25, -0.2) is 0 Å². The molecule has 0 spiro atoms. The topological polar surface area (TPSA) is 254 Å². The molecule has 3 saturated heterocycles.